The first-order chi connectivity index (χ1) is 9.58. The van der Waals surface area contributed by atoms with Crippen molar-refractivity contribution >= 4 is 5.69 Å². The molecule has 0 saturated carbocycles. The standard InChI is InChI=1S/C15H24N2O3/c1-4-6-12(3)11-20-15-8-7-14(17(18)19)9-13(15)10-16-5-2/h7-9,12,16H,4-6,10-11H2,1-3H3. The second-order valence-electron chi connectivity index (χ2n) is 5.03. The number of nitrogens with zero attached hydrogens (tertiary/aromatic N) is 1. The van der Waals surface area contributed by atoms with Crippen molar-refractivity contribution in [1.29, 1.82) is 0 Å². The summed E-state index contributed by atoms with van der Waals surface area (Å²) < 4.78 is 5.82. The van der Waals surface area contributed by atoms with Crippen molar-refractivity contribution in [2.24, 2.45) is 5.92 Å². The van der Waals surface area contributed by atoms with Gasteiger partial charge in [-0.05, 0) is 24.9 Å². The molecule has 0 aliphatic heterocycles. The Labute approximate surface area is 120 Å². The third kappa shape index (κ3) is 5.17. The molecule has 0 spiro atoms. The van der Waals surface area contributed by atoms with Gasteiger partial charge in [-0.1, -0.05) is 27.2 Å². The molecular weight excluding hydrogens is 256 g/mol. The molecule has 0 aliphatic rings. The smallest absolute Gasteiger partial charge is 0.270 e. The average molecular weight is 280 g/mol. The Hall–Kier alpha value is -1.62. The van der Waals surface area contributed by atoms with E-state index in [4.69, 9.17) is 4.74 Å². The minimum atomic E-state index is -0.376. The number of benzene rings is 1. The molecular formula is C15H24N2O3. The van der Waals surface area contributed by atoms with Gasteiger partial charge in [0.05, 0.1) is 11.5 Å². The van der Waals surface area contributed by atoms with Crippen LogP contribution in [0.4, 0.5) is 5.69 Å². The summed E-state index contributed by atoms with van der Waals surface area (Å²) in [6, 6.07) is 4.78. The van der Waals surface area contributed by atoms with E-state index in [-0.39, 0.29) is 10.6 Å². The first-order valence-electron chi connectivity index (χ1n) is 7.19. The largest absolute Gasteiger partial charge is 0.493 e. The molecule has 0 bridgehead atoms. The lowest BCUT2D eigenvalue weighted by molar-refractivity contribution is -0.384. The van der Waals surface area contributed by atoms with Crippen molar-refractivity contribution in [1.82, 2.24) is 5.32 Å². The normalized spacial score (nSPS) is 12.2. The highest BCUT2D eigenvalue weighted by atomic mass is 16.6. The van der Waals surface area contributed by atoms with Crippen LogP contribution in [-0.4, -0.2) is 18.1 Å². The third-order valence-corrected chi connectivity index (χ3v) is 3.13. The van der Waals surface area contributed by atoms with Crippen LogP contribution < -0.4 is 10.1 Å². The quantitative estimate of drug-likeness (QED) is 0.555. The predicted molar refractivity (Wildman–Crippen MR) is 80.0 cm³/mol. The van der Waals surface area contributed by atoms with E-state index in [0.29, 0.717) is 19.1 Å². The van der Waals surface area contributed by atoms with Crippen molar-refractivity contribution in [3.05, 3.63) is 33.9 Å². The van der Waals surface area contributed by atoms with Crippen molar-refractivity contribution in [3.63, 3.8) is 0 Å². The van der Waals surface area contributed by atoms with Gasteiger partial charge < -0.3 is 10.1 Å². The Morgan fingerprint density at radius 3 is 2.75 bits per heavy atom. The zero-order chi connectivity index (χ0) is 15.0. The van der Waals surface area contributed by atoms with E-state index in [9.17, 15) is 10.1 Å². The van der Waals surface area contributed by atoms with Gasteiger partial charge >= 0.3 is 0 Å². The number of rotatable bonds is 9. The molecule has 5 nitrogen and oxygen atoms in total. The van der Waals surface area contributed by atoms with Crippen LogP contribution in [0.5, 0.6) is 5.75 Å². The van der Waals surface area contributed by atoms with Gasteiger partial charge in [0, 0.05) is 24.2 Å². The van der Waals surface area contributed by atoms with Gasteiger partial charge in [-0.25, -0.2) is 0 Å². The van der Waals surface area contributed by atoms with Crippen molar-refractivity contribution < 1.29 is 9.66 Å². The Morgan fingerprint density at radius 2 is 2.15 bits per heavy atom. The van der Waals surface area contributed by atoms with Crippen molar-refractivity contribution in [2.45, 2.75) is 40.2 Å². The zero-order valence-electron chi connectivity index (χ0n) is 12.5. The number of ether oxygens (including phenoxy) is 1. The maximum atomic E-state index is 10.8. The molecule has 1 aromatic carbocycles. The van der Waals surface area contributed by atoms with Crippen LogP contribution >= 0.6 is 0 Å². The summed E-state index contributed by atoms with van der Waals surface area (Å²) in [7, 11) is 0. The number of hydrogen-bond donors (Lipinski definition) is 1. The summed E-state index contributed by atoms with van der Waals surface area (Å²) in [5.74, 6) is 1.22. The molecule has 0 heterocycles. The van der Waals surface area contributed by atoms with E-state index < -0.39 is 0 Å². The zero-order valence-corrected chi connectivity index (χ0v) is 12.5. The lowest BCUT2D eigenvalue weighted by Gasteiger charge is -2.15. The average Bonchev–Trinajstić information content (AvgIpc) is 2.43. The highest BCUT2D eigenvalue weighted by Gasteiger charge is 2.12. The van der Waals surface area contributed by atoms with Crippen LogP contribution in [0.2, 0.25) is 0 Å². The fourth-order valence-corrected chi connectivity index (χ4v) is 2.03. The molecule has 1 N–H and O–H groups in total. The second-order valence-corrected chi connectivity index (χ2v) is 5.03. The number of nitro groups is 1. The SMILES string of the molecule is CCCC(C)COc1ccc([N+](=O)[O-])cc1CNCC. The first kappa shape index (κ1) is 16.4. The molecule has 0 saturated heterocycles. The molecule has 0 amide bonds. The van der Waals surface area contributed by atoms with E-state index >= 15 is 0 Å². The molecule has 1 unspecified atom stereocenters. The Morgan fingerprint density at radius 1 is 1.40 bits per heavy atom. The summed E-state index contributed by atoms with van der Waals surface area (Å²) >= 11 is 0. The van der Waals surface area contributed by atoms with Gasteiger partial charge in [-0.15, -0.1) is 0 Å². The van der Waals surface area contributed by atoms with Gasteiger partial charge in [0.15, 0.2) is 0 Å². The maximum absolute atomic E-state index is 10.8. The Balaban J connectivity index is 2.79. The predicted octanol–water partition coefficient (Wildman–Crippen LogP) is 3.52. The second kappa shape index (κ2) is 8.53. The molecule has 20 heavy (non-hydrogen) atoms. The number of non-ortho nitro benzene ring substituents is 1. The van der Waals surface area contributed by atoms with Crippen LogP contribution in [0.25, 0.3) is 0 Å². The van der Waals surface area contributed by atoms with Crippen LogP contribution in [0, 0.1) is 16.0 Å². The van der Waals surface area contributed by atoms with E-state index in [2.05, 4.69) is 19.2 Å². The van der Waals surface area contributed by atoms with Gasteiger partial charge in [0.1, 0.15) is 5.75 Å². The topological polar surface area (TPSA) is 64.4 Å². The molecule has 1 rings (SSSR count). The monoisotopic (exact) mass is 280 g/mol. The van der Waals surface area contributed by atoms with E-state index in [1.54, 1.807) is 12.1 Å². The Kier molecular flexibility index (Phi) is 7.01. The number of nitrogens with one attached hydrogen (secondary N) is 1. The van der Waals surface area contributed by atoms with Crippen molar-refractivity contribution in [3.8, 4) is 5.75 Å². The van der Waals surface area contributed by atoms with E-state index in [1.807, 2.05) is 6.92 Å². The van der Waals surface area contributed by atoms with Crippen LogP contribution in [-0.2, 0) is 6.54 Å². The van der Waals surface area contributed by atoms with Crippen LogP contribution in [0.15, 0.2) is 18.2 Å². The molecule has 0 aromatic heterocycles. The molecule has 0 aliphatic carbocycles. The molecule has 5 heteroatoms. The van der Waals surface area contributed by atoms with Crippen LogP contribution in [0.1, 0.15) is 39.2 Å². The van der Waals surface area contributed by atoms with Crippen LogP contribution in [0.3, 0.4) is 0 Å². The molecule has 1 atom stereocenters. The van der Waals surface area contributed by atoms with Gasteiger partial charge in [-0.2, -0.15) is 0 Å². The summed E-state index contributed by atoms with van der Waals surface area (Å²) in [6.45, 7) is 8.34. The number of hydrogen-bond acceptors (Lipinski definition) is 4. The maximum Gasteiger partial charge on any atom is 0.270 e. The van der Waals surface area contributed by atoms with Crippen molar-refractivity contribution in [2.75, 3.05) is 13.2 Å². The van der Waals surface area contributed by atoms with Gasteiger partial charge in [-0.3, -0.25) is 10.1 Å². The summed E-state index contributed by atoms with van der Waals surface area (Å²) in [6.07, 6.45) is 2.25. The first-order valence-corrected chi connectivity index (χ1v) is 7.19. The molecule has 112 valence electrons. The minimum Gasteiger partial charge on any atom is -0.493 e. The number of nitro benzene ring substituents is 1. The highest BCUT2D eigenvalue weighted by molar-refractivity contribution is 5.43. The molecule has 0 radical (unpaired) electrons. The Bertz CT molecular complexity index is 435. The minimum absolute atomic E-state index is 0.104. The summed E-state index contributed by atoms with van der Waals surface area (Å²) in [5.41, 5.74) is 0.941. The lowest BCUT2D eigenvalue weighted by Crippen LogP contribution is -2.15. The lowest BCUT2D eigenvalue weighted by atomic mass is 10.1. The van der Waals surface area contributed by atoms with Gasteiger partial charge in [0.25, 0.3) is 5.69 Å². The van der Waals surface area contributed by atoms with Gasteiger partial charge in [0.2, 0.25) is 0 Å². The fraction of sp³-hybridized carbons (Fsp3) is 0.600. The highest BCUT2D eigenvalue weighted by Crippen LogP contribution is 2.25. The summed E-state index contributed by atoms with van der Waals surface area (Å²) in [5, 5.41) is 14.0. The summed E-state index contributed by atoms with van der Waals surface area (Å²) in [4.78, 5) is 10.5. The molecule has 0 fully saturated rings. The molecule has 1 aromatic rings. The van der Waals surface area contributed by atoms with E-state index in [1.165, 1.54) is 6.07 Å². The third-order valence-electron chi connectivity index (χ3n) is 3.13. The fourth-order valence-electron chi connectivity index (χ4n) is 2.03. The van der Waals surface area contributed by atoms with E-state index in [0.717, 1.165) is 30.7 Å².